The Morgan fingerprint density at radius 1 is 1.43 bits per heavy atom. The topological polar surface area (TPSA) is 46.9 Å². The quantitative estimate of drug-likeness (QED) is 0.880. The van der Waals surface area contributed by atoms with E-state index >= 15 is 0 Å². The lowest BCUT2D eigenvalue weighted by Crippen LogP contribution is -2.36. The highest BCUT2D eigenvalue weighted by Gasteiger charge is 2.24. The molecule has 21 heavy (non-hydrogen) atoms. The van der Waals surface area contributed by atoms with E-state index in [4.69, 9.17) is 0 Å². The number of thiophene rings is 1. The Kier molecular flexibility index (Phi) is 3.34. The number of aryl methyl sites for hydroxylation is 1. The van der Waals surface area contributed by atoms with E-state index in [0.717, 1.165) is 54.9 Å². The molecule has 5 heteroatoms. The van der Waals surface area contributed by atoms with E-state index in [0.29, 0.717) is 0 Å². The first kappa shape index (κ1) is 13.5. The van der Waals surface area contributed by atoms with Crippen molar-refractivity contribution in [3.8, 4) is 0 Å². The fraction of sp³-hybridized carbons (Fsp3) is 0.625. The van der Waals surface area contributed by atoms with Gasteiger partial charge in [-0.1, -0.05) is 6.92 Å². The lowest BCUT2D eigenvalue weighted by Gasteiger charge is -2.24. The van der Waals surface area contributed by atoms with Gasteiger partial charge in [0.1, 0.15) is 4.83 Å². The fourth-order valence-electron chi connectivity index (χ4n) is 3.67. The Morgan fingerprint density at radius 2 is 2.33 bits per heavy atom. The number of hydrogen-bond acceptors (Lipinski definition) is 4. The number of aromatic nitrogens is 2. The van der Waals surface area contributed by atoms with Gasteiger partial charge in [-0.15, -0.1) is 11.3 Å². The molecular weight excluding hydrogens is 282 g/mol. The zero-order valence-corrected chi connectivity index (χ0v) is 13.2. The smallest absolute Gasteiger partial charge is 0.262 e. The number of fused-ring (bicyclic) bond motifs is 3. The van der Waals surface area contributed by atoms with Crippen molar-refractivity contribution in [2.24, 2.45) is 5.92 Å². The van der Waals surface area contributed by atoms with Crippen LogP contribution < -0.4 is 10.9 Å². The largest absolute Gasteiger partial charge is 0.315 e. The Bertz CT molecular complexity index is 727. The second kappa shape index (κ2) is 5.21. The van der Waals surface area contributed by atoms with Crippen LogP contribution in [-0.4, -0.2) is 22.6 Å². The van der Waals surface area contributed by atoms with Crippen molar-refractivity contribution in [1.82, 2.24) is 14.9 Å². The minimum atomic E-state index is 0.181. The van der Waals surface area contributed by atoms with E-state index in [-0.39, 0.29) is 11.6 Å². The molecule has 1 aliphatic heterocycles. The maximum Gasteiger partial charge on any atom is 0.262 e. The third-order valence-corrected chi connectivity index (χ3v) is 6.07. The van der Waals surface area contributed by atoms with Gasteiger partial charge in [0.05, 0.1) is 17.8 Å². The summed E-state index contributed by atoms with van der Waals surface area (Å²) in [5, 5.41) is 4.30. The van der Waals surface area contributed by atoms with E-state index in [9.17, 15) is 4.79 Å². The van der Waals surface area contributed by atoms with Crippen molar-refractivity contribution in [2.45, 2.75) is 45.1 Å². The van der Waals surface area contributed by atoms with Crippen LogP contribution in [0.2, 0.25) is 0 Å². The van der Waals surface area contributed by atoms with Gasteiger partial charge in [0.2, 0.25) is 0 Å². The number of hydrogen-bond donors (Lipinski definition) is 1. The molecule has 0 spiro atoms. The van der Waals surface area contributed by atoms with Crippen molar-refractivity contribution in [2.75, 3.05) is 13.1 Å². The Morgan fingerprint density at radius 3 is 3.14 bits per heavy atom. The second-order valence-corrected chi connectivity index (χ2v) is 7.57. The van der Waals surface area contributed by atoms with Gasteiger partial charge in [-0.05, 0) is 50.1 Å². The molecule has 0 saturated carbocycles. The van der Waals surface area contributed by atoms with Crippen LogP contribution >= 0.6 is 11.3 Å². The summed E-state index contributed by atoms with van der Waals surface area (Å²) in [6.45, 7) is 4.25. The Hall–Kier alpha value is -1.20. The minimum Gasteiger partial charge on any atom is -0.315 e. The van der Waals surface area contributed by atoms with Gasteiger partial charge in [-0.25, -0.2) is 4.98 Å². The van der Waals surface area contributed by atoms with Gasteiger partial charge in [0.15, 0.2) is 0 Å². The molecule has 0 amide bonds. The molecular formula is C16H21N3OS. The summed E-state index contributed by atoms with van der Waals surface area (Å²) in [4.78, 5) is 19.9. The molecule has 4 rings (SSSR count). The number of rotatable bonds is 1. The SMILES string of the molecule is C[C@@H]1CCc2c(sc3ncn([C@@H]4CCCNC4)c(=O)c23)C1. The third-order valence-electron chi connectivity index (χ3n) is 4.91. The van der Waals surface area contributed by atoms with Crippen molar-refractivity contribution in [3.63, 3.8) is 0 Å². The van der Waals surface area contributed by atoms with Crippen LogP contribution in [0.3, 0.4) is 0 Å². The second-order valence-electron chi connectivity index (χ2n) is 6.49. The lowest BCUT2D eigenvalue weighted by molar-refractivity contribution is 0.363. The van der Waals surface area contributed by atoms with Crippen LogP contribution in [0.4, 0.5) is 0 Å². The van der Waals surface area contributed by atoms with Crippen molar-refractivity contribution in [3.05, 3.63) is 27.1 Å². The molecule has 3 heterocycles. The summed E-state index contributed by atoms with van der Waals surface area (Å²) in [5.41, 5.74) is 1.48. The van der Waals surface area contributed by atoms with Gasteiger partial charge >= 0.3 is 0 Å². The minimum absolute atomic E-state index is 0.181. The average Bonchev–Trinajstić information content (AvgIpc) is 2.86. The van der Waals surface area contributed by atoms with Crippen molar-refractivity contribution < 1.29 is 0 Å². The molecule has 0 bridgehead atoms. The first-order valence-corrected chi connectivity index (χ1v) is 8.78. The standard InChI is InChI=1S/C16H21N3OS/c1-10-4-5-12-13(7-10)21-15-14(12)16(20)19(9-18-15)11-3-2-6-17-8-11/h9-11,17H,2-8H2,1H3/t10-,11-/m1/s1. The van der Waals surface area contributed by atoms with Crippen LogP contribution in [0.25, 0.3) is 10.2 Å². The Labute approximate surface area is 128 Å². The number of nitrogens with one attached hydrogen (secondary N) is 1. The van der Waals surface area contributed by atoms with Gasteiger partial charge in [-0.3, -0.25) is 9.36 Å². The van der Waals surface area contributed by atoms with E-state index < -0.39 is 0 Å². The van der Waals surface area contributed by atoms with Gasteiger partial charge in [0, 0.05) is 11.4 Å². The first-order valence-electron chi connectivity index (χ1n) is 7.96. The van der Waals surface area contributed by atoms with Gasteiger partial charge < -0.3 is 5.32 Å². The zero-order chi connectivity index (χ0) is 14.4. The van der Waals surface area contributed by atoms with Crippen LogP contribution in [0, 0.1) is 5.92 Å². The summed E-state index contributed by atoms with van der Waals surface area (Å²) >= 11 is 1.73. The summed E-state index contributed by atoms with van der Waals surface area (Å²) in [6.07, 6.45) is 7.32. The van der Waals surface area contributed by atoms with Crippen LogP contribution in [-0.2, 0) is 12.8 Å². The fourth-order valence-corrected chi connectivity index (χ4v) is 5.02. The monoisotopic (exact) mass is 303 g/mol. The molecule has 2 atom stereocenters. The van der Waals surface area contributed by atoms with Crippen molar-refractivity contribution >= 4 is 21.6 Å². The maximum absolute atomic E-state index is 12.9. The normalized spacial score (nSPS) is 26.0. The molecule has 1 fully saturated rings. The molecule has 0 unspecified atom stereocenters. The summed E-state index contributed by atoms with van der Waals surface area (Å²) in [6, 6.07) is 0.265. The molecule has 4 nitrogen and oxygen atoms in total. The Balaban J connectivity index is 1.84. The molecule has 1 N–H and O–H groups in total. The molecule has 2 aromatic rings. The van der Waals surface area contributed by atoms with E-state index in [1.165, 1.54) is 16.9 Å². The van der Waals surface area contributed by atoms with E-state index in [1.807, 2.05) is 4.57 Å². The van der Waals surface area contributed by atoms with Crippen LogP contribution in [0.1, 0.15) is 42.7 Å². The highest BCUT2D eigenvalue weighted by atomic mass is 32.1. The van der Waals surface area contributed by atoms with Crippen LogP contribution in [0.15, 0.2) is 11.1 Å². The van der Waals surface area contributed by atoms with Gasteiger partial charge in [0.25, 0.3) is 5.56 Å². The van der Waals surface area contributed by atoms with Crippen molar-refractivity contribution in [1.29, 1.82) is 0 Å². The number of nitrogens with zero attached hydrogens (tertiary/aromatic N) is 2. The molecule has 2 aliphatic rings. The molecule has 0 radical (unpaired) electrons. The molecule has 0 aromatic carbocycles. The maximum atomic E-state index is 12.9. The van der Waals surface area contributed by atoms with Crippen LogP contribution in [0.5, 0.6) is 0 Å². The molecule has 1 saturated heterocycles. The van der Waals surface area contributed by atoms with E-state index in [2.05, 4.69) is 17.2 Å². The highest BCUT2D eigenvalue weighted by Crippen LogP contribution is 2.35. The summed E-state index contributed by atoms with van der Waals surface area (Å²) in [5.74, 6) is 0.732. The summed E-state index contributed by atoms with van der Waals surface area (Å²) in [7, 11) is 0. The molecule has 1 aliphatic carbocycles. The molecule has 112 valence electrons. The highest BCUT2D eigenvalue weighted by molar-refractivity contribution is 7.18. The third kappa shape index (κ3) is 2.23. The molecule has 2 aromatic heterocycles. The lowest BCUT2D eigenvalue weighted by atomic mass is 9.89. The zero-order valence-electron chi connectivity index (χ0n) is 12.4. The predicted octanol–water partition coefficient (Wildman–Crippen LogP) is 2.51. The summed E-state index contributed by atoms with van der Waals surface area (Å²) < 4.78 is 1.87. The number of piperidine rings is 1. The average molecular weight is 303 g/mol. The van der Waals surface area contributed by atoms with E-state index in [1.54, 1.807) is 17.7 Å². The first-order chi connectivity index (χ1) is 10.2. The predicted molar refractivity (Wildman–Crippen MR) is 86.2 cm³/mol. The van der Waals surface area contributed by atoms with Gasteiger partial charge in [-0.2, -0.15) is 0 Å².